The fraction of sp³-hybridized carbons (Fsp3) is 0.231. The largest absolute Gasteiger partial charge is 0.496 e. The number of hydrogen-bond donors (Lipinski definition) is 1. The number of halogens is 1. The lowest BCUT2D eigenvalue weighted by atomic mass is 10.1. The zero-order valence-electron chi connectivity index (χ0n) is 20.4. The number of ether oxygens (including phenoxy) is 2. The van der Waals surface area contributed by atoms with E-state index >= 15 is 0 Å². The van der Waals surface area contributed by atoms with Crippen LogP contribution >= 0.6 is 0 Å². The van der Waals surface area contributed by atoms with Gasteiger partial charge in [0.1, 0.15) is 17.9 Å². The minimum atomic E-state index is -0.762. The number of nitrogens with two attached hydrogens (primary N) is 1. The minimum Gasteiger partial charge on any atom is -0.496 e. The van der Waals surface area contributed by atoms with Crippen LogP contribution in [0.2, 0.25) is 0 Å². The molecule has 1 heterocycles. The van der Waals surface area contributed by atoms with Crippen LogP contribution in [0.5, 0.6) is 5.75 Å². The molecule has 0 radical (unpaired) electrons. The zero-order chi connectivity index (χ0) is 26.6. The Morgan fingerprint density at radius 2 is 1.92 bits per heavy atom. The molecule has 3 aromatic rings. The fourth-order valence-corrected chi connectivity index (χ4v) is 3.45. The van der Waals surface area contributed by atoms with Crippen molar-refractivity contribution in [1.29, 1.82) is 0 Å². The van der Waals surface area contributed by atoms with Crippen LogP contribution in [-0.4, -0.2) is 46.8 Å². The third kappa shape index (κ3) is 5.96. The standard InChI is InChI=1S/C26H27FN4O5/c1-6-22(32)30(15-23(33)36-26(2,3)4)17-8-7-9-18(13-17)31-14-20(24(27)29-31)16-10-11-19(25(28)34)21(12-16)35-5/h6-14H,1,15H2,2-5H3,(H2,28,34). The van der Waals surface area contributed by atoms with E-state index in [2.05, 4.69) is 11.7 Å². The van der Waals surface area contributed by atoms with Gasteiger partial charge >= 0.3 is 5.97 Å². The highest BCUT2D eigenvalue weighted by molar-refractivity contribution is 6.04. The first-order valence-electron chi connectivity index (χ1n) is 10.9. The first-order chi connectivity index (χ1) is 16.9. The number of anilines is 1. The summed E-state index contributed by atoms with van der Waals surface area (Å²) < 4.78 is 26.7. The summed E-state index contributed by atoms with van der Waals surface area (Å²) in [5.41, 5.74) is 6.17. The van der Waals surface area contributed by atoms with Gasteiger partial charge in [-0.3, -0.25) is 19.3 Å². The maximum absolute atomic E-state index is 14.8. The number of esters is 1. The smallest absolute Gasteiger partial charge is 0.326 e. The van der Waals surface area contributed by atoms with Crippen LogP contribution in [0, 0.1) is 5.95 Å². The molecular formula is C26H27FN4O5. The number of aromatic nitrogens is 2. The Morgan fingerprint density at radius 1 is 1.19 bits per heavy atom. The monoisotopic (exact) mass is 494 g/mol. The molecule has 1 aromatic heterocycles. The SMILES string of the molecule is C=CC(=O)N(CC(=O)OC(C)(C)C)c1cccc(-n2cc(-c3ccc(C(N)=O)c(OC)c3)c(F)n2)c1. The molecule has 0 saturated heterocycles. The Morgan fingerprint density at radius 3 is 2.53 bits per heavy atom. The summed E-state index contributed by atoms with van der Waals surface area (Å²) in [5.74, 6) is -2.33. The molecular weight excluding hydrogens is 467 g/mol. The molecule has 0 spiro atoms. The van der Waals surface area contributed by atoms with Gasteiger partial charge in [-0.1, -0.05) is 18.7 Å². The van der Waals surface area contributed by atoms with Gasteiger partial charge in [-0.2, -0.15) is 4.39 Å². The van der Waals surface area contributed by atoms with Gasteiger partial charge in [0.05, 0.1) is 23.9 Å². The molecule has 3 rings (SSSR count). The number of hydrogen-bond acceptors (Lipinski definition) is 6. The lowest BCUT2D eigenvalue weighted by Gasteiger charge is -2.24. The third-order valence-corrected chi connectivity index (χ3v) is 5.00. The van der Waals surface area contributed by atoms with Crippen molar-refractivity contribution in [2.24, 2.45) is 5.73 Å². The lowest BCUT2D eigenvalue weighted by Crippen LogP contribution is -2.38. The van der Waals surface area contributed by atoms with Crippen LogP contribution in [-0.2, 0) is 14.3 Å². The van der Waals surface area contributed by atoms with Crippen molar-refractivity contribution < 1.29 is 28.2 Å². The second kappa shape index (κ2) is 10.4. The van der Waals surface area contributed by atoms with E-state index in [4.69, 9.17) is 15.2 Å². The lowest BCUT2D eigenvalue weighted by molar-refractivity contribution is -0.153. The maximum atomic E-state index is 14.8. The summed E-state index contributed by atoms with van der Waals surface area (Å²) in [6.45, 7) is 8.35. The van der Waals surface area contributed by atoms with Crippen LogP contribution in [0.3, 0.4) is 0 Å². The zero-order valence-corrected chi connectivity index (χ0v) is 20.4. The van der Waals surface area contributed by atoms with E-state index in [0.717, 1.165) is 6.08 Å². The van der Waals surface area contributed by atoms with E-state index < -0.39 is 29.3 Å². The maximum Gasteiger partial charge on any atom is 0.326 e. The second-order valence-electron chi connectivity index (χ2n) is 8.79. The number of amides is 2. The number of benzene rings is 2. The summed E-state index contributed by atoms with van der Waals surface area (Å²) in [6.07, 6.45) is 2.55. The molecule has 2 N–H and O–H groups in total. The highest BCUT2D eigenvalue weighted by Gasteiger charge is 2.23. The molecule has 0 aliphatic carbocycles. The molecule has 0 atom stereocenters. The molecule has 0 fully saturated rings. The number of rotatable bonds is 8. The summed E-state index contributed by atoms with van der Waals surface area (Å²) in [6, 6.07) is 11.0. The average molecular weight is 495 g/mol. The summed E-state index contributed by atoms with van der Waals surface area (Å²) in [5, 5.41) is 3.95. The Bertz CT molecular complexity index is 1330. The molecule has 0 bridgehead atoms. The number of carbonyl (C=O) groups excluding carboxylic acids is 3. The van der Waals surface area contributed by atoms with Crippen molar-refractivity contribution in [1.82, 2.24) is 9.78 Å². The van der Waals surface area contributed by atoms with Crippen LogP contribution in [0.25, 0.3) is 16.8 Å². The summed E-state index contributed by atoms with van der Waals surface area (Å²) in [7, 11) is 1.38. The highest BCUT2D eigenvalue weighted by Crippen LogP contribution is 2.30. The minimum absolute atomic E-state index is 0.155. The van der Waals surface area contributed by atoms with Gasteiger partial charge in [-0.25, -0.2) is 4.68 Å². The molecule has 2 amide bonds. The van der Waals surface area contributed by atoms with E-state index in [1.54, 1.807) is 45.0 Å². The molecule has 36 heavy (non-hydrogen) atoms. The van der Waals surface area contributed by atoms with Crippen molar-refractivity contribution in [2.45, 2.75) is 26.4 Å². The van der Waals surface area contributed by atoms with Gasteiger partial charge in [-0.15, -0.1) is 5.10 Å². The van der Waals surface area contributed by atoms with Gasteiger partial charge in [0.15, 0.2) is 0 Å². The highest BCUT2D eigenvalue weighted by atomic mass is 19.1. The third-order valence-electron chi connectivity index (χ3n) is 5.00. The topological polar surface area (TPSA) is 117 Å². The van der Waals surface area contributed by atoms with Gasteiger partial charge in [-0.05, 0) is 62.7 Å². The van der Waals surface area contributed by atoms with E-state index in [1.165, 1.54) is 41.1 Å². The van der Waals surface area contributed by atoms with Crippen molar-refractivity contribution in [3.8, 4) is 22.6 Å². The molecule has 10 heteroatoms. The number of nitrogens with zero attached hydrogens (tertiary/aromatic N) is 3. The Kier molecular flexibility index (Phi) is 7.57. The Hall–Kier alpha value is -4.47. The van der Waals surface area contributed by atoms with Crippen LogP contribution < -0.4 is 15.4 Å². The second-order valence-corrected chi connectivity index (χ2v) is 8.79. The predicted molar refractivity (Wildman–Crippen MR) is 132 cm³/mol. The van der Waals surface area contributed by atoms with E-state index in [9.17, 15) is 18.8 Å². The summed E-state index contributed by atoms with van der Waals surface area (Å²) >= 11 is 0. The fourth-order valence-electron chi connectivity index (χ4n) is 3.45. The van der Waals surface area contributed by atoms with Gasteiger partial charge in [0.2, 0.25) is 5.95 Å². The predicted octanol–water partition coefficient (Wildman–Crippen LogP) is 3.65. The first kappa shape index (κ1) is 26.1. The number of methoxy groups -OCH3 is 1. The van der Waals surface area contributed by atoms with E-state index in [0.29, 0.717) is 16.9 Å². The molecule has 0 aliphatic rings. The van der Waals surface area contributed by atoms with Crippen molar-refractivity contribution in [2.75, 3.05) is 18.6 Å². The number of carbonyl (C=O) groups is 3. The van der Waals surface area contributed by atoms with E-state index in [1.807, 2.05) is 0 Å². The quantitative estimate of drug-likeness (QED) is 0.377. The molecule has 188 valence electrons. The van der Waals surface area contributed by atoms with Crippen molar-refractivity contribution in [3.63, 3.8) is 0 Å². The summed E-state index contributed by atoms with van der Waals surface area (Å²) in [4.78, 5) is 37.7. The van der Waals surface area contributed by atoms with Crippen molar-refractivity contribution in [3.05, 3.63) is 72.8 Å². The molecule has 2 aromatic carbocycles. The van der Waals surface area contributed by atoms with Crippen molar-refractivity contribution >= 4 is 23.5 Å². The van der Waals surface area contributed by atoms with Gasteiger partial charge < -0.3 is 15.2 Å². The molecule has 0 aliphatic heterocycles. The Balaban J connectivity index is 1.96. The van der Waals surface area contributed by atoms with Crippen LogP contribution in [0.1, 0.15) is 31.1 Å². The van der Waals surface area contributed by atoms with Crippen LogP contribution in [0.15, 0.2) is 61.3 Å². The number of primary amides is 1. The Labute approximate surface area is 207 Å². The van der Waals surface area contributed by atoms with Gasteiger partial charge in [0.25, 0.3) is 11.8 Å². The molecule has 0 unspecified atom stereocenters. The van der Waals surface area contributed by atoms with Crippen LogP contribution in [0.4, 0.5) is 10.1 Å². The normalized spacial score (nSPS) is 11.0. The van der Waals surface area contributed by atoms with E-state index in [-0.39, 0.29) is 23.4 Å². The average Bonchev–Trinajstić information content (AvgIpc) is 3.22. The van der Waals surface area contributed by atoms with Gasteiger partial charge in [0, 0.05) is 11.9 Å². The molecule has 0 saturated carbocycles. The first-order valence-corrected chi connectivity index (χ1v) is 10.9. The molecule has 9 nitrogen and oxygen atoms in total.